The van der Waals surface area contributed by atoms with Crippen LogP contribution in [0.1, 0.15) is 16.7 Å². The molecule has 0 saturated carbocycles. The second-order valence-corrected chi connectivity index (χ2v) is 5.46. The number of aryl methyl sites for hydroxylation is 2. The predicted molar refractivity (Wildman–Crippen MR) is 89.7 cm³/mol. The van der Waals surface area contributed by atoms with Gasteiger partial charge in [-0.2, -0.15) is 5.10 Å². The molecule has 3 rings (SSSR count). The number of ether oxygens (including phenoxy) is 3. The molecule has 1 heterocycles. The standard InChI is InChI=1S/C18H18N2O4/c1-12-3-4-13(2)16(7-12)22-10-18(21)20-19-9-14-5-6-15-17(8-14)24-11-23-15/h3-9H,10-11H2,1-2H3,(H,20,21)/b19-9+. The van der Waals surface area contributed by atoms with Gasteiger partial charge in [-0.3, -0.25) is 4.79 Å². The van der Waals surface area contributed by atoms with Gasteiger partial charge in [0.1, 0.15) is 5.75 Å². The summed E-state index contributed by atoms with van der Waals surface area (Å²) in [6.07, 6.45) is 1.54. The van der Waals surface area contributed by atoms with E-state index in [1.54, 1.807) is 12.1 Å². The molecule has 1 aliphatic rings. The number of hydrogen-bond donors (Lipinski definition) is 1. The van der Waals surface area contributed by atoms with Gasteiger partial charge in [-0.15, -0.1) is 0 Å². The number of benzene rings is 2. The number of carbonyl (C=O) groups excluding carboxylic acids is 1. The van der Waals surface area contributed by atoms with Crippen molar-refractivity contribution in [2.24, 2.45) is 5.10 Å². The Hall–Kier alpha value is -3.02. The Bertz CT molecular complexity index is 787. The van der Waals surface area contributed by atoms with Gasteiger partial charge in [0.25, 0.3) is 5.91 Å². The molecule has 0 fully saturated rings. The third-order valence-electron chi connectivity index (χ3n) is 3.50. The molecule has 24 heavy (non-hydrogen) atoms. The lowest BCUT2D eigenvalue weighted by Gasteiger charge is -2.08. The Morgan fingerprint density at radius 2 is 2.04 bits per heavy atom. The molecule has 0 unspecified atom stereocenters. The summed E-state index contributed by atoms with van der Waals surface area (Å²) >= 11 is 0. The maximum atomic E-state index is 11.8. The van der Waals surface area contributed by atoms with Gasteiger partial charge in [0.15, 0.2) is 18.1 Å². The van der Waals surface area contributed by atoms with E-state index in [0.29, 0.717) is 17.2 Å². The van der Waals surface area contributed by atoms with Crippen LogP contribution in [0, 0.1) is 13.8 Å². The first kappa shape index (κ1) is 15.9. The summed E-state index contributed by atoms with van der Waals surface area (Å²) in [4.78, 5) is 11.8. The summed E-state index contributed by atoms with van der Waals surface area (Å²) in [6, 6.07) is 11.3. The molecule has 0 atom stereocenters. The Morgan fingerprint density at radius 1 is 1.21 bits per heavy atom. The van der Waals surface area contributed by atoms with E-state index in [-0.39, 0.29) is 19.3 Å². The van der Waals surface area contributed by atoms with E-state index in [9.17, 15) is 4.79 Å². The molecule has 0 radical (unpaired) electrons. The van der Waals surface area contributed by atoms with Gasteiger partial charge in [0, 0.05) is 0 Å². The molecule has 6 heteroatoms. The minimum atomic E-state index is -0.326. The second kappa shape index (κ2) is 7.04. The maximum absolute atomic E-state index is 11.8. The van der Waals surface area contributed by atoms with Crippen LogP contribution in [0.3, 0.4) is 0 Å². The van der Waals surface area contributed by atoms with Crippen molar-refractivity contribution in [2.75, 3.05) is 13.4 Å². The summed E-state index contributed by atoms with van der Waals surface area (Å²) in [5.74, 6) is 1.75. The van der Waals surface area contributed by atoms with Crippen molar-refractivity contribution in [2.45, 2.75) is 13.8 Å². The van der Waals surface area contributed by atoms with Gasteiger partial charge >= 0.3 is 0 Å². The largest absolute Gasteiger partial charge is 0.483 e. The minimum Gasteiger partial charge on any atom is -0.483 e. The van der Waals surface area contributed by atoms with Gasteiger partial charge in [-0.1, -0.05) is 12.1 Å². The summed E-state index contributed by atoms with van der Waals surface area (Å²) in [7, 11) is 0. The van der Waals surface area contributed by atoms with E-state index in [1.165, 1.54) is 6.21 Å². The van der Waals surface area contributed by atoms with Crippen LogP contribution in [0.5, 0.6) is 17.2 Å². The summed E-state index contributed by atoms with van der Waals surface area (Å²) in [5.41, 5.74) is 5.30. The van der Waals surface area contributed by atoms with Crippen molar-refractivity contribution in [1.82, 2.24) is 5.43 Å². The van der Waals surface area contributed by atoms with Gasteiger partial charge in [0.05, 0.1) is 6.21 Å². The molecule has 0 aromatic heterocycles. The zero-order valence-corrected chi connectivity index (χ0v) is 13.5. The van der Waals surface area contributed by atoms with E-state index >= 15 is 0 Å². The van der Waals surface area contributed by atoms with Crippen molar-refractivity contribution in [3.05, 3.63) is 53.1 Å². The molecule has 1 amide bonds. The second-order valence-electron chi connectivity index (χ2n) is 5.46. The summed E-state index contributed by atoms with van der Waals surface area (Å²) in [5, 5.41) is 3.92. The predicted octanol–water partition coefficient (Wildman–Crippen LogP) is 2.56. The topological polar surface area (TPSA) is 69.2 Å². The number of rotatable bonds is 5. The Labute approximate surface area is 140 Å². The molecule has 6 nitrogen and oxygen atoms in total. The van der Waals surface area contributed by atoms with Crippen LogP contribution in [0.2, 0.25) is 0 Å². The van der Waals surface area contributed by atoms with Crippen LogP contribution in [0.25, 0.3) is 0 Å². The molecule has 1 N–H and O–H groups in total. The van der Waals surface area contributed by atoms with Crippen molar-refractivity contribution in [3.63, 3.8) is 0 Å². The SMILES string of the molecule is Cc1ccc(C)c(OCC(=O)N/N=C/c2ccc3c(c2)OCO3)c1. The number of hydrazone groups is 1. The fourth-order valence-electron chi connectivity index (χ4n) is 2.21. The lowest BCUT2D eigenvalue weighted by atomic mass is 10.1. The molecule has 124 valence electrons. The highest BCUT2D eigenvalue weighted by atomic mass is 16.7. The molecular weight excluding hydrogens is 308 g/mol. The molecule has 0 spiro atoms. The number of nitrogens with zero attached hydrogens (tertiary/aromatic N) is 1. The van der Waals surface area contributed by atoms with E-state index in [2.05, 4.69) is 10.5 Å². The van der Waals surface area contributed by atoms with Crippen molar-refractivity contribution in [1.29, 1.82) is 0 Å². The maximum Gasteiger partial charge on any atom is 0.277 e. The lowest BCUT2D eigenvalue weighted by molar-refractivity contribution is -0.123. The van der Waals surface area contributed by atoms with Crippen LogP contribution < -0.4 is 19.6 Å². The average molecular weight is 326 g/mol. The monoisotopic (exact) mass is 326 g/mol. The first-order valence-corrected chi connectivity index (χ1v) is 7.53. The first-order chi connectivity index (χ1) is 11.6. The zero-order chi connectivity index (χ0) is 16.9. The Balaban J connectivity index is 1.51. The molecule has 0 bridgehead atoms. The number of fused-ring (bicyclic) bond motifs is 1. The molecule has 2 aromatic rings. The molecule has 2 aromatic carbocycles. The molecule has 0 saturated heterocycles. The average Bonchev–Trinajstić information content (AvgIpc) is 3.03. The van der Waals surface area contributed by atoms with E-state index in [0.717, 1.165) is 16.7 Å². The van der Waals surface area contributed by atoms with Crippen LogP contribution in [0.15, 0.2) is 41.5 Å². The molecular formula is C18H18N2O4. The third kappa shape index (κ3) is 3.84. The van der Waals surface area contributed by atoms with Crippen LogP contribution in [-0.4, -0.2) is 25.5 Å². The van der Waals surface area contributed by atoms with Gasteiger partial charge in [-0.05, 0) is 54.8 Å². The first-order valence-electron chi connectivity index (χ1n) is 7.53. The van der Waals surface area contributed by atoms with Gasteiger partial charge in [-0.25, -0.2) is 5.43 Å². The van der Waals surface area contributed by atoms with Gasteiger partial charge in [0.2, 0.25) is 6.79 Å². The van der Waals surface area contributed by atoms with Crippen molar-refractivity contribution < 1.29 is 19.0 Å². The van der Waals surface area contributed by atoms with Crippen molar-refractivity contribution in [3.8, 4) is 17.2 Å². The van der Waals surface area contributed by atoms with E-state index < -0.39 is 0 Å². The summed E-state index contributed by atoms with van der Waals surface area (Å²) < 4.78 is 16.0. The van der Waals surface area contributed by atoms with E-state index in [4.69, 9.17) is 14.2 Å². The number of nitrogens with one attached hydrogen (secondary N) is 1. The van der Waals surface area contributed by atoms with Crippen LogP contribution >= 0.6 is 0 Å². The van der Waals surface area contributed by atoms with Crippen LogP contribution in [0.4, 0.5) is 0 Å². The fourth-order valence-corrected chi connectivity index (χ4v) is 2.21. The highest BCUT2D eigenvalue weighted by Gasteiger charge is 2.12. The molecule has 0 aliphatic carbocycles. The summed E-state index contributed by atoms with van der Waals surface area (Å²) in [6.45, 7) is 4.04. The third-order valence-corrected chi connectivity index (χ3v) is 3.50. The van der Waals surface area contributed by atoms with Crippen LogP contribution in [-0.2, 0) is 4.79 Å². The Kier molecular flexibility index (Phi) is 4.65. The molecule has 1 aliphatic heterocycles. The minimum absolute atomic E-state index is 0.0945. The van der Waals surface area contributed by atoms with E-state index in [1.807, 2.05) is 38.1 Å². The van der Waals surface area contributed by atoms with Crippen molar-refractivity contribution >= 4 is 12.1 Å². The number of carbonyl (C=O) groups is 1. The zero-order valence-electron chi connectivity index (χ0n) is 13.5. The number of hydrogen-bond acceptors (Lipinski definition) is 5. The lowest BCUT2D eigenvalue weighted by Crippen LogP contribution is -2.24. The highest BCUT2D eigenvalue weighted by molar-refractivity contribution is 5.83. The highest BCUT2D eigenvalue weighted by Crippen LogP contribution is 2.31. The smallest absolute Gasteiger partial charge is 0.277 e. The fraction of sp³-hybridized carbons (Fsp3) is 0.222. The normalized spacial score (nSPS) is 12.4. The number of amides is 1. The van der Waals surface area contributed by atoms with Gasteiger partial charge < -0.3 is 14.2 Å². The Morgan fingerprint density at radius 3 is 2.92 bits per heavy atom. The quantitative estimate of drug-likeness (QED) is 0.677.